The minimum Gasteiger partial charge on any atom is 0 e. The molecule has 0 aliphatic carbocycles. The summed E-state index contributed by atoms with van der Waals surface area (Å²) in [7, 11) is 0. The van der Waals surface area contributed by atoms with Gasteiger partial charge in [-0.25, -0.2) is 0 Å². The quantitative estimate of drug-likeness (QED) is 0.0422. The van der Waals surface area contributed by atoms with Crippen molar-refractivity contribution in [3.05, 3.63) is 84.0 Å². The van der Waals surface area contributed by atoms with E-state index in [1.54, 1.807) is 0 Å². The molecule has 44 heavy (non-hydrogen) atoms. The molecule has 0 aliphatic heterocycles. The first-order chi connectivity index (χ1) is 22.6. The first-order valence-corrected chi connectivity index (χ1v) is 15.6. The van der Waals surface area contributed by atoms with E-state index in [0.717, 1.165) is 31.7 Å². The molecule has 0 aliphatic rings. The van der Waals surface area contributed by atoms with Crippen molar-refractivity contribution in [3.8, 4) is 10.1 Å². The van der Waals surface area contributed by atoms with E-state index in [1.807, 2.05) is 27.7 Å². The topological polar surface area (TPSA) is 63.1 Å². The van der Waals surface area contributed by atoms with Crippen LogP contribution in [0.2, 0.25) is 0 Å². The molecule has 0 spiro atoms. The van der Waals surface area contributed by atoms with Gasteiger partial charge >= 0.3 is 169 Å². The molecule has 3 aromatic carbocycles. The minimum absolute atomic E-state index is 0. The Bertz CT molecular complexity index is 2000. The molecule has 0 saturated carbocycles. The zero-order valence-electron chi connectivity index (χ0n) is 29.4. The molecule has 1 N–H and O–H groups in total. The molecule has 0 bridgehead atoms. The average molecular weight is 854 g/mol. The van der Waals surface area contributed by atoms with E-state index in [9.17, 15) is 23.1 Å². The summed E-state index contributed by atoms with van der Waals surface area (Å²) >= 11 is -0.865. The minimum atomic E-state index is -4.89. The number of carbonyl (C=O) groups excluding carboxylic acids is 1. The van der Waals surface area contributed by atoms with Crippen molar-refractivity contribution in [1.82, 2.24) is 9.97 Å². The molecular formula is C34H33F4IrN2O2Se-. The number of aliphatic hydroxyl groups is 1. The summed E-state index contributed by atoms with van der Waals surface area (Å²) in [4.78, 5) is 19.3. The molecule has 5 aromatic rings. The molecule has 4 nitrogen and oxygen atoms in total. The van der Waals surface area contributed by atoms with Crippen LogP contribution in [0, 0.1) is 23.7 Å². The molecule has 0 fully saturated rings. The van der Waals surface area contributed by atoms with Gasteiger partial charge in [-0.3, -0.25) is 4.79 Å². The van der Waals surface area contributed by atoms with E-state index < -0.39 is 66.7 Å². The molecule has 2 aromatic heterocycles. The number of aliphatic hydroxyl groups excluding tert-OH is 1. The monoisotopic (exact) mass is 855 g/mol. The van der Waals surface area contributed by atoms with Gasteiger partial charge in [0.1, 0.15) is 0 Å². The van der Waals surface area contributed by atoms with Gasteiger partial charge in [0.25, 0.3) is 0 Å². The van der Waals surface area contributed by atoms with Crippen LogP contribution in [0.1, 0.15) is 65.8 Å². The summed E-state index contributed by atoms with van der Waals surface area (Å²) in [6, 6.07) is 6.33. The van der Waals surface area contributed by atoms with Gasteiger partial charge in [-0.1, -0.05) is 27.7 Å². The van der Waals surface area contributed by atoms with Gasteiger partial charge < -0.3 is 5.11 Å². The van der Waals surface area contributed by atoms with Crippen LogP contribution < -0.4 is 0 Å². The number of ketones is 1. The summed E-state index contributed by atoms with van der Waals surface area (Å²) in [5.74, 6) is -0.435. The molecule has 2 heterocycles. The van der Waals surface area contributed by atoms with Gasteiger partial charge in [0.05, 0.1) is 5.76 Å². The summed E-state index contributed by atoms with van der Waals surface area (Å²) in [6.07, 6.45) is -0.740. The van der Waals surface area contributed by atoms with Crippen LogP contribution in [0.3, 0.4) is 0 Å². The fraction of sp³-hybridized carbons (Fsp3) is 0.324. The number of aromatic nitrogens is 2. The van der Waals surface area contributed by atoms with Crippen molar-refractivity contribution in [2.24, 2.45) is 11.8 Å². The Morgan fingerprint density at radius 2 is 1.64 bits per heavy atom. The normalized spacial score (nSPS) is 13.7. The smallest absolute Gasteiger partial charge is 0 e. The average Bonchev–Trinajstić information content (AvgIpc) is 3.49. The van der Waals surface area contributed by atoms with Crippen LogP contribution in [-0.4, -0.2) is 35.4 Å². The third kappa shape index (κ3) is 7.48. The van der Waals surface area contributed by atoms with Crippen LogP contribution >= 0.6 is 0 Å². The standard InChI is InChI=1S/C21H9F4N2Se.C13H24O2.Ir/c22-18-13-7-3-2-6-12(13)17(21(23,24)25)20-16(18)19(26-10-27-20)15-9-11-5-1-4-8-14(11)28-15;1-5-10(6-2)12(14)9-13(15)11(7-3)8-4;/h1-8,10H;9-11,14H,5-8H2,1-4H3;/q-1;;/b;12-9-;/i1D,4D,5D,8D,10D;;. The second-order valence-electron chi connectivity index (χ2n) is 9.89. The number of nitrogens with zero attached hydrogens (tertiary/aromatic N) is 2. The molecular weight excluding hydrogens is 816 g/mol. The molecule has 0 saturated heterocycles. The zero-order chi connectivity index (χ0) is 35.7. The summed E-state index contributed by atoms with van der Waals surface area (Å²) in [5.41, 5.74) is -2.21. The van der Waals surface area contributed by atoms with Crippen molar-refractivity contribution < 1.29 is 54.4 Å². The van der Waals surface area contributed by atoms with Crippen LogP contribution in [0.5, 0.6) is 0 Å². The number of hydrogen-bond acceptors (Lipinski definition) is 4. The predicted molar refractivity (Wildman–Crippen MR) is 165 cm³/mol. The van der Waals surface area contributed by atoms with E-state index in [4.69, 9.17) is 6.85 Å². The first kappa shape index (κ1) is 28.6. The second kappa shape index (κ2) is 15.4. The number of rotatable bonds is 8. The largest absolute Gasteiger partial charge is 0 e. The van der Waals surface area contributed by atoms with Gasteiger partial charge in [-0.05, 0) is 25.7 Å². The SMILES string of the molecule is CCC(CC)C(=O)/C=C(\O)C(CC)CC.[2H]c1nc(-c2[c-]c3c([2H])c([2H])c([2H])c([2H])c3[se]2)c2c(F)c3ccccc3c(C(F)(F)F)c2n1.[Ir]. The van der Waals surface area contributed by atoms with Crippen LogP contribution in [-0.2, 0) is 31.1 Å². The second-order valence-corrected chi connectivity index (χ2v) is 12.0. The van der Waals surface area contributed by atoms with E-state index in [-0.39, 0.29) is 80.7 Å². The Kier molecular flexibility index (Phi) is 10.00. The van der Waals surface area contributed by atoms with E-state index in [1.165, 1.54) is 24.3 Å². The number of hydrogen-bond donors (Lipinski definition) is 1. The molecule has 5 rings (SSSR count). The van der Waals surface area contributed by atoms with Crippen molar-refractivity contribution in [2.45, 2.75) is 59.6 Å². The third-order valence-corrected chi connectivity index (χ3v) is 9.48. The molecule has 235 valence electrons. The van der Waals surface area contributed by atoms with Crippen LogP contribution in [0.25, 0.3) is 41.5 Å². The van der Waals surface area contributed by atoms with Crippen LogP contribution in [0.4, 0.5) is 17.6 Å². The Morgan fingerprint density at radius 1 is 1.02 bits per heavy atom. The molecule has 1 radical (unpaired) electrons. The third-order valence-electron chi connectivity index (χ3n) is 7.36. The summed E-state index contributed by atoms with van der Waals surface area (Å²) in [6.45, 7) is 8.07. The number of halogens is 4. The van der Waals surface area contributed by atoms with Crippen molar-refractivity contribution in [1.29, 1.82) is 0 Å². The predicted octanol–water partition coefficient (Wildman–Crippen LogP) is 9.49. The van der Waals surface area contributed by atoms with Gasteiger partial charge in [0.15, 0.2) is 5.78 Å². The van der Waals surface area contributed by atoms with Gasteiger partial charge in [-0.2, -0.15) is 0 Å². The van der Waals surface area contributed by atoms with Crippen LogP contribution in [0.15, 0.2) is 66.6 Å². The number of fused-ring (bicyclic) bond motifs is 3. The Balaban J connectivity index is 0.000000347. The van der Waals surface area contributed by atoms with Gasteiger partial charge in [-0.15, -0.1) is 0 Å². The van der Waals surface area contributed by atoms with Gasteiger partial charge in [0, 0.05) is 38.0 Å². The fourth-order valence-corrected chi connectivity index (χ4v) is 6.84. The van der Waals surface area contributed by atoms with Crippen molar-refractivity contribution in [3.63, 3.8) is 0 Å². The Hall–Kier alpha value is -2.90. The van der Waals surface area contributed by atoms with E-state index >= 15 is 4.39 Å². The zero-order valence-corrected chi connectivity index (χ0v) is 28.5. The molecule has 10 heteroatoms. The van der Waals surface area contributed by atoms with Gasteiger partial charge in [0.2, 0.25) is 0 Å². The summed E-state index contributed by atoms with van der Waals surface area (Å²) < 4.78 is 98.0. The molecule has 0 atom stereocenters. The molecule has 0 amide bonds. The van der Waals surface area contributed by atoms with Crippen molar-refractivity contribution >= 4 is 51.6 Å². The maximum Gasteiger partial charge on any atom is 0 e. The maximum atomic E-state index is 15.6. The number of benzene rings is 3. The fourth-order valence-electron chi connectivity index (χ4n) is 4.94. The number of carbonyl (C=O) groups is 1. The van der Waals surface area contributed by atoms with Crippen molar-refractivity contribution in [2.75, 3.05) is 0 Å². The number of alkyl halides is 3. The first-order valence-electron chi connectivity index (χ1n) is 16.4. The van der Waals surface area contributed by atoms with E-state index in [2.05, 4.69) is 16.0 Å². The Morgan fingerprint density at radius 3 is 2.25 bits per heavy atom. The molecule has 0 unspecified atom stereocenters. The Labute approximate surface area is 280 Å². The summed E-state index contributed by atoms with van der Waals surface area (Å²) in [5, 5.41) is 8.62. The number of allylic oxidation sites excluding steroid dienone is 2. The maximum absolute atomic E-state index is 15.6. The van der Waals surface area contributed by atoms with E-state index in [0.29, 0.717) is 0 Å².